The molecule has 20 heavy (non-hydrogen) atoms. The Morgan fingerprint density at radius 1 is 1.20 bits per heavy atom. The smallest absolute Gasteiger partial charge is 0.206 e. The number of nitrogens with zero attached hydrogens (tertiary/aromatic N) is 3. The summed E-state index contributed by atoms with van der Waals surface area (Å²) in [6.45, 7) is 3.46. The van der Waals surface area contributed by atoms with Gasteiger partial charge < -0.3 is 19.3 Å². The van der Waals surface area contributed by atoms with Crippen LogP contribution in [0.5, 0.6) is 5.75 Å². The van der Waals surface area contributed by atoms with Crippen molar-refractivity contribution in [3.63, 3.8) is 0 Å². The fraction of sp³-hybridized carbons (Fsp3) is 0.533. The van der Waals surface area contributed by atoms with Gasteiger partial charge in [0.05, 0.1) is 18.2 Å². The maximum absolute atomic E-state index is 9.67. The van der Waals surface area contributed by atoms with Crippen LogP contribution in [0.1, 0.15) is 19.3 Å². The summed E-state index contributed by atoms with van der Waals surface area (Å²) in [5, 5.41) is 9.67. The predicted octanol–water partition coefficient (Wildman–Crippen LogP) is 1.78. The van der Waals surface area contributed by atoms with Gasteiger partial charge in [0.15, 0.2) is 0 Å². The van der Waals surface area contributed by atoms with E-state index in [0.29, 0.717) is 0 Å². The van der Waals surface area contributed by atoms with Crippen molar-refractivity contribution in [1.82, 2.24) is 9.55 Å². The SMILES string of the molecule is OC1CCN(c2nc3cccc4c3n2CCCO4)CC1. The molecule has 0 unspecified atom stereocenters. The van der Waals surface area contributed by atoms with Crippen LogP contribution < -0.4 is 9.64 Å². The number of piperidine rings is 1. The molecule has 4 rings (SSSR count). The third-order valence-corrected chi connectivity index (χ3v) is 4.24. The van der Waals surface area contributed by atoms with Gasteiger partial charge in [0.2, 0.25) is 5.95 Å². The van der Waals surface area contributed by atoms with Crippen LogP contribution in [0.4, 0.5) is 5.95 Å². The first kappa shape index (κ1) is 12.0. The number of rotatable bonds is 1. The zero-order valence-electron chi connectivity index (χ0n) is 11.5. The van der Waals surface area contributed by atoms with Crippen molar-refractivity contribution in [3.05, 3.63) is 18.2 Å². The number of aliphatic hydroxyl groups excluding tert-OH is 1. The van der Waals surface area contributed by atoms with Gasteiger partial charge in [-0.15, -0.1) is 0 Å². The molecule has 1 N–H and O–H groups in total. The van der Waals surface area contributed by atoms with Crippen LogP contribution in [0, 0.1) is 0 Å². The first-order chi connectivity index (χ1) is 9.83. The topological polar surface area (TPSA) is 50.5 Å². The minimum absolute atomic E-state index is 0.154. The average Bonchev–Trinajstić information content (AvgIpc) is 2.69. The molecule has 0 aliphatic carbocycles. The molecule has 2 aromatic rings. The number of anilines is 1. The molecule has 106 valence electrons. The van der Waals surface area contributed by atoms with Gasteiger partial charge in [-0.1, -0.05) is 6.07 Å². The summed E-state index contributed by atoms with van der Waals surface area (Å²) >= 11 is 0. The van der Waals surface area contributed by atoms with E-state index in [4.69, 9.17) is 9.72 Å². The molecule has 0 atom stereocenters. The van der Waals surface area contributed by atoms with Crippen LogP contribution in [-0.4, -0.2) is 40.5 Å². The van der Waals surface area contributed by atoms with E-state index >= 15 is 0 Å². The standard InChI is InChI=1S/C15H19N3O2/c19-11-5-8-17(9-6-11)15-16-12-3-1-4-13-14(12)18(15)7-2-10-20-13/h1,3-4,11,19H,2,5-10H2. The molecular formula is C15H19N3O2. The number of hydrogen-bond donors (Lipinski definition) is 1. The van der Waals surface area contributed by atoms with Crippen LogP contribution >= 0.6 is 0 Å². The van der Waals surface area contributed by atoms with Crippen molar-refractivity contribution in [2.24, 2.45) is 0 Å². The van der Waals surface area contributed by atoms with Gasteiger partial charge in [0, 0.05) is 19.6 Å². The summed E-state index contributed by atoms with van der Waals surface area (Å²) in [4.78, 5) is 7.10. The van der Waals surface area contributed by atoms with Gasteiger partial charge in [-0.25, -0.2) is 4.98 Å². The molecule has 0 radical (unpaired) electrons. The number of aliphatic hydroxyl groups is 1. The molecule has 0 spiro atoms. The highest BCUT2D eigenvalue weighted by Crippen LogP contribution is 2.33. The Kier molecular flexibility index (Phi) is 2.80. The van der Waals surface area contributed by atoms with Crippen molar-refractivity contribution in [3.8, 4) is 5.75 Å². The molecule has 3 heterocycles. The minimum atomic E-state index is -0.154. The number of ether oxygens (including phenoxy) is 1. The lowest BCUT2D eigenvalue weighted by molar-refractivity contribution is 0.145. The van der Waals surface area contributed by atoms with Gasteiger partial charge in [0.1, 0.15) is 11.3 Å². The summed E-state index contributed by atoms with van der Waals surface area (Å²) in [6, 6.07) is 6.08. The number of hydrogen-bond acceptors (Lipinski definition) is 4. The number of aromatic nitrogens is 2. The van der Waals surface area contributed by atoms with Crippen LogP contribution in [0.25, 0.3) is 11.0 Å². The van der Waals surface area contributed by atoms with Gasteiger partial charge in [-0.3, -0.25) is 0 Å². The molecule has 2 aliphatic rings. The van der Waals surface area contributed by atoms with Gasteiger partial charge in [-0.2, -0.15) is 0 Å². The van der Waals surface area contributed by atoms with Crippen molar-refractivity contribution < 1.29 is 9.84 Å². The van der Waals surface area contributed by atoms with E-state index in [1.807, 2.05) is 18.2 Å². The Labute approximate surface area is 117 Å². The molecule has 1 aromatic heterocycles. The highest BCUT2D eigenvalue weighted by Gasteiger charge is 2.24. The summed E-state index contributed by atoms with van der Waals surface area (Å²) in [7, 11) is 0. The molecule has 5 heteroatoms. The number of para-hydroxylation sites is 1. The molecule has 5 nitrogen and oxygen atoms in total. The fourth-order valence-corrected chi connectivity index (χ4v) is 3.18. The fourth-order valence-electron chi connectivity index (χ4n) is 3.18. The first-order valence-electron chi connectivity index (χ1n) is 7.38. The molecule has 1 aromatic carbocycles. The Morgan fingerprint density at radius 2 is 2.05 bits per heavy atom. The van der Waals surface area contributed by atoms with Crippen molar-refractivity contribution in [2.75, 3.05) is 24.6 Å². The molecule has 1 saturated heterocycles. The van der Waals surface area contributed by atoms with E-state index in [9.17, 15) is 5.11 Å². The van der Waals surface area contributed by atoms with Gasteiger partial charge in [-0.05, 0) is 31.4 Å². The normalized spacial score (nSPS) is 19.9. The lowest BCUT2D eigenvalue weighted by Crippen LogP contribution is -2.37. The average molecular weight is 273 g/mol. The monoisotopic (exact) mass is 273 g/mol. The van der Waals surface area contributed by atoms with Crippen molar-refractivity contribution in [2.45, 2.75) is 31.9 Å². The van der Waals surface area contributed by atoms with Crippen LogP contribution in [0.2, 0.25) is 0 Å². The quantitative estimate of drug-likeness (QED) is 0.860. The maximum atomic E-state index is 9.67. The summed E-state index contributed by atoms with van der Waals surface area (Å²) in [5.41, 5.74) is 2.12. The lowest BCUT2D eigenvalue weighted by Gasteiger charge is -2.30. The summed E-state index contributed by atoms with van der Waals surface area (Å²) < 4.78 is 8.11. The third kappa shape index (κ3) is 1.85. The first-order valence-corrected chi connectivity index (χ1v) is 7.38. The van der Waals surface area contributed by atoms with E-state index in [1.54, 1.807) is 0 Å². The maximum Gasteiger partial charge on any atom is 0.206 e. The second-order valence-electron chi connectivity index (χ2n) is 5.61. The Balaban J connectivity index is 1.81. The van der Waals surface area contributed by atoms with Gasteiger partial charge in [0.25, 0.3) is 0 Å². The van der Waals surface area contributed by atoms with E-state index in [0.717, 1.165) is 68.2 Å². The zero-order valence-corrected chi connectivity index (χ0v) is 11.5. The highest BCUT2D eigenvalue weighted by atomic mass is 16.5. The Morgan fingerprint density at radius 3 is 2.90 bits per heavy atom. The molecule has 1 fully saturated rings. The van der Waals surface area contributed by atoms with E-state index < -0.39 is 0 Å². The van der Waals surface area contributed by atoms with Crippen molar-refractivity contribution >= 4 is 17.0 Å². The Bertz CT molecular complexity index is 629. The number of imidazole rings is 1. The molecule has 0 saturated carbocycles. The third-order valence-electron chi connectivity index (χ3n) is 4.24. The Hall–Kier alpha value is -1.75. The van der Waals surface area contributed by atoms with Crippen LogP contribution in [-0.2, 0) is 6.54 Å². The zero-order chi connectivity index (χ0) is 13.5. The molecular weight excluding hydrogens is 254 g/mol. The van der Waals surface area contributed by atoms with Crippen LogP contribution in [0.15, 0.2) is 18.2 Å². The van der Waals surface area contributed by atoms with Crippen molar-refractivity contribution in [1.29, 1.82) is 0 Å². The molecule has 0 bridgehead atoms. The van der Waals surface area contributed by atoms with Gasteiger partial charge >= 0.3 is 0 Å². The second-order valence-corrected chi connectivity index (χ2v) is 5.61. The van der Waals surface area contributed by atoms with E-state index in [1.165, 1.54) is 0 Å². The highest BCUT2D eigenvalue weighted by molar-refractivity contribution is 5.85. The van der Waals surface area contributed by atoms with Crippen LogP contribution in [0.3, 0.4) is 0 Å². The summed E-state index contributed by atoms with van der Waals surface area (Å²) in [6.07, 6.45) is 2.50. The summed E-state index contributed by atoms with van der Waals surface area (Å²) in [5.74, 6) is 1.97. The minimum Gasteiger partial charge on any atom is -0.491 e. The van der Waals surface area contributed by atoms with E-state index in [-0.39, 0.29) is 6.10 Å². The lowest BCUT2D eigenvalue weighted by atomic mass is 10.1. The number of aryl methyl sites for hydroxylation is 1. The van der Waals surface area contributed by atoms with E-state index in [2.05, 4.69) is 9.47 Å². The molecule has 0 amide bonds. The largest absolute Gasteiger partial charge is 0.491 e. The molecule has 2 aliphatic heterocycles. The number of benzene rings is 1. The predicted molar refractivity (Wildman–Crippen MR) is 77.3 cm³/mol. The second kappa shape index (κ2) is 4.66.